The van der Waals surface area contributed by atoms with Crippen LogP contribution < -0.4 is 15.8 Å². The topological polar surface area (TPSA) is 63.4 Å². The van der Waals surface area contributed by atoms with Gasteiger partial charge in [0.25, 0.3) is 0 Å². The van der Waals surface area contributed by atoms with Crippen molar-refractivity contribution < 1.29 is 17.9 Å². The summed E-state index contributed by atoms with van der Waals surface area (Å²) >= 11 is 1.59. The van der Waals surface area contributed by atoms with Gasteiger partial charge in [-0.1, -0.05) is 78.9 Å². The molecule has 4 aromatic rings. The molecule has 1 aromatic heterocycles. The Balaban J connectivity index is 1.30. The highest BCUT2D eigenvalue weighted by atomic mass is 32.1. The number of alkyl halides is 3. The van der Waals surface area contributed by atoms with E-state index in [1.54, 1.807) is 35.7 Å². The van der Waals surface area contributed by atoms with Gasteiger partial charge in [-0.2, -0.15) is 0 Å². The molecule has 2 heterocycles. The van der Waals surface area contributed by atoms with Crippen LogP contribution in [0.1, 0.15) is 52.9 Å². The zero-order valence-electron chi connectivity index (χ0n) is 23.9. The molecule has 0 spiro atoms. The maximum Gasteiger partial charge on any atom is 0.573 e. The molecule has 9 heteroatoms. The van der Waals surface area contributed by atoms with Crippen molar-refractivity contribution in [2.75, 3.05) is 13.1 Å². The van der Waals surface area contributed by atoms with E-state index in [9.17, 15) is 13.2 Å². The lowest BCUT2D eigenvalue weighted by Crippen LogP contribution is -2.58. The van der Waals surface area contributed by atoms with Crippen LogP contribution in [0.4, 0.5) is 13.2 Å². The van der Waals surface area contributed by atoms with E-state index in [1.807, 2.05) is 17.5 Å². The summed E-state index contributed by atoms with van der Waals surface area (Å²) < 4.78 is 43.9. The maximum absolute atomic E-state index is 13.2. The number of aromatic nitrogens is 1. The normalized spacial score (nSPS) is 22.7. The summed E-state index contributed by atoms with van der Waals surface area (Å²) in [5.74, 6) is 0.952. The van der Waals surface area contributed by atoms with E-state index in [1.165, 1.54) is 17.2 Å². The van der Waals surface area contributed by atoms with Crippen molar-refractivity contribution in [3.05, 3.63) is 118 Å². The molecule has 0 radical (unpaired) electrons. The highest BCUT2D eigenvalue weighted by molar-refractivity contribution is 7.09. The molecule has 1 aliphatic carbocycles. The third-order valence-electron chi connectivity index (χ3n) is 8.81. The predicted molar refractivity (Wildman–Crippen MR) is 164 cm³/mol. The Morgan fingerprint density at radius 3 is 2.30 bits per heavy atom. The molecule has 0 amide bonds. The van der Waals surface area contributed by atoms with Crippen molar-refractivity contribution in [3.63, 3.8) is 0 Å². The van der Waals surface area contributed by atoms with Crippen LogP contribution in [-0.2, 0) is 6.54 Å². The Morgan fingerprint density at radius 1 is 0.977 bits per heavy atom. The zero-order chi connectivity index (χ0) is 29.8. The number of piperidine rings is 1. The van der Waals surface area contributed by atoms with Gasteiger partial charge >= 0.3 is 6.36 Å². The van der Waals surface area contributed by atoms with Crippen molar-refractivity contribution >= 4 is 11.3 Å². The van der Waals surface area contributed by atoms with E-state index >= 15 is 0 Å². The number of likely N-dealkylation sites (tertiary alicyclic amines) is 1. The first kappa shape index (κ1) is 29.8. The molecule has 1 saturated carbocycles. The van der Waals surface area contributed by atoms with Crippen molar-refractivity contribution in [1.29, 1.82) is 0 Å². The molecular formula is C34H37F3N4OS. The van der Waals surface area contributed by atoms with Crippen LogP contribution in [-0.4, -0.2) is 41.4 Å². The van der Waals surface area contributed by atoms with Crippen LogP contribution in [0.5, 0.6) is 5.75 Å². The number of nitrogens with one attached hydrogen (secondary N) is 1. The monoisotopic (exact) mass is 606 g/mol. The minimum Gasteiger partial charge on any atom is -0.405 e. The molecular weight excluding hydrogens is 569 g/mol. The number of hydrogen-bond donors (Lipinski definition) is 2. The van der Waals surface area contributed by atoms with E-state index < -0.39 is 6.36 Å². The molecule has 5 atom stereocenters. The number of halogens is 3. The smallest absolute Gasteiger partial charge is 0.405 e. The Labute approximate surface area is 254 Å². The van der Waals surface area contributed by atoms with Crippen molar-refractivity contribution in [2.24, 2.45) is 17.6 Å². The van der Waals surface area contributed by atoms with Crippen molar-refractivity contribution in [1.82, 2.24) is 15.2 Å². The van der Waals surface area contributed by atoms with Gasteiger partial charge in [-0.15, -0.1) is 24.5 Å². The maximum atomic E-state index is 13.2. The van der Waals surface area contributed by atoms with Gasteiger partial charge in [0.1, 0.15) is 10.8 Å². The molecule has 6 rings (SSSR count). The Kier molecular flexibility index (Phi) is 9.14. The number of hydrogen-bond acceptors (Lipinski definition) is 6. The summed E-state index contributed by atoms with van der Waals surface area (Å²) in [6, 6.07) is 27.7. The summed E-state index contributed by atoms with van der Waals surface area (Å²) in [4.78, 5) is 7.02. The largest absolute Gasteiger partial charge is 0.573 e. The van der Waals surface area contributed by atoms with E-state index in [0.717, 1.165) is 37.4 Å². The summed E-state index contributed by atoms with van der Waals surface area (Å²) in [5, 5.41) is 6.68. The van der Waals surface area contributed by atoms with E-state index in [0.29, 0.717) is 17.4 Å². The SMILES string of the molecule is NC(CCCN1CC2CC2C(NCc2ccccc2OC(F)(F)F)C1C(c1ccccc1)c1ccccc1)c1nccs1. The number of nitrogens with two attached hydrogens (primary N) is 1. The second-order valence-electron chi connectivity index (χ2n) is 11.6. The number of ether oxygens (including phenoxy) is 1. The van der Waals surface area contributed by atoms with E-state index in [2.05, 4.69) is 68.5 Å². The number of para-hydroxylation sites is 1. The van der Waals surface area contributed by atoms with Gasteiger partial charge in [0.15, 0.2) is 0 Å². The average Bonchev–Trinajstić information content (AvgIpc) is 3.56. The fraction of sp³-hybridized carbons (Fsp3) is 0.382. The number of thiazole rings is 1. The van der Waals surface area contributed by atoms with Gasteiger partial charge in [0.2, 0.25) is 0 Å². The average molecular weight is 607 g/mol. The Bertz CT molecular complexity index is 1400. The first-order chi connectivity index (χ1) is 20.9. The Hall–Kier alpha value is -3.24. The molecule has 0 bridgehead atoms. The molecule has 5 nitrogen and oxygen atoms in total. The number of benzene rings is 3. The van der Waals surface area contributed by atoms with Crippen LogP contribution in [0.25, 0.3) is 0 Å². The van der Waals surface area contributed by atoms with Crippen LogP contribution >= 0.6 is 11.3 Å². The van der Waals surface area contributed by atoms with Crippen LogP contribution in [0, 0.1) is 11.8 Å². The van der Waals surface area contributed by atoms with Gasteiger partial charge in [0, 0.05) is 48.2 Å². The molecule has 226 valence electrons. The molecule has 43 heavy (non-hydrogen) atoms. The van der Waals surface area contributed by atoms with E-state index in [4.69, 9.17) is 5.73 Å². The van der Waals surface area contributed by atoms with Gasteiger partial charge in [0.05, 0.1) is 6.04 Å². The van der Waals surface area contributed by atoms with Gasteiger partial charge < -0.3 is 15.8 Å². The van der Waals surface area contributed by atoms with Crippen LogP contribution in [0.2, 0.25) is 0 Å². The lowest BCUT2D eigenvalue weighted by molar-refractivity contribution is -0.274. The Morgan fingerprint density at radius 2 is 1.65 bits per heavy atom. The third kappa shape index (κ3) is 7.29. The van der Waals surface area contributed by atoms with Crippen LogP contribution in [0.15, 0.2) is 96.5 Å². The number of fused-ring (bicyclic) bond motifs is 1. The lowest BCUT2D eigenvalue weighted by atomic mass is 9.77. The van der Waals surface area contributed by atoms with Crippen molar-refractivity contribution in [2.45, 2.75) is 56.2 Å². The summed E-state index contributed by atoms with van der Waals surface area (Å²) in [5.41, 5.74) is 9.45. The number of nitrogens with zero attached hydrogens (tertiary/aromatic N) is 2. The second-order valence-corrected chi connectivity index (χ2v) is 12.6. The van der Waals surface area contributed by atoms with Gasteiger partial charge in [-0.05, 0) is 54.8 Å². The zero-order valence-corrected chi connectivity index (χ0v) is 24.7. The summed E-state index contributed by atoms with van der Waals surface area (Å²) in [6.07, 6.45) is -0.0636. The molecule has 3 N–H and O–H groups in total. The summed E-state index contributed by atoms with van der Waals surface area (Å²) in [7, 11) is 0. The molecule has 2 fully saturated rings. The molecule has 1 aliphatic heterocycles. The fourth-order valence-electron chi connectivity index (χ4n) is 6.82. The first-order valence-corrected chi connectivity index (χ1v) is 15.8. The molecule has 1 saturated heterocycles. The quantitative estimate of drug-likeness (QED) is 0.180. The highest BCUT2D eigenvalue weighted by Crippen LogP contribution is 2.51. The summed E-state index contributed by atoms with van der Waals surface area (Å²) in [6.45, 7) is 2.18. The first-order valence-electron chi connectivity index (χ1n) is 14.9. The fourth-order valence-corrected chi connectivity index (χ4v) is 7.50. The minimum absolute atomic E-state index is 0.0794. The van der Waals surface area contributed by atoms with E-state index in [-0.39, 0.29) is 36.3 Å². The van der Waals surface area contributed by atoms with Gasteiger partial charge in [-0.3, -0.25) is 4.90 Å². The predicted octanol–water partition coefficient (Wildman–Crippen LogP) is 7.13. The lowest BCUT2D eigenvalue weighted by Gasteiger charge is -2.46. The standard InChI is InChI=1S/C34H37F3N4OS/c35-34(36,37)42-29-16-8-7-14-25(29)21-40-31-27-20-26(27)22-41(18-9-15-28(38)33-39-17-19-43-33)32(31)30(23-10-3-1-4-11-23)24-12-5-2-6-13-24/h1-8,10-14,16-17,19,26-28,30-32,40H,9,15,18,20-22,38H2. The third-order valence-corrected chi connectivity index (χ3v) is 9.72. The molecule has 2 aliphatic rings. The molecule has 3 aromatic carbocycles. The highest BCUT2D eigenvalue weighted by Gasteiger charge is 2.54. The second kappa shape index (κ2) is 13.2. The number of rotatable bonds is 12. The minimum atomic E-state index is -4.74. The molecule has 5 unspecified atom stereocenters. The van der Waals surface area contributed by atoms with Crippen LogP contribution in [0.3, 0.4) is 0 Å². The van der Waals surface area contributed by atoms with Gasteiger partial charge in [-0.25, -0.2) is 4.98 Å². The van der Waals surface area contributed by atoms with Crippen molar-refractivity contribution in [3.8, 4) is 5.75 Å².